The van der Waals surface area contributed by atoms with Gasteiger partial charge in [0.1, 0.15) is 16.5 Å². The third-order valence-corrected chi connectivity index (χ3v) is 5.39. The molecule has 0 heterocycles. The summed E-state index contributed by atoms with van der Waals surface area (Å²) in [5.74, 6) is -0.362. The zero-order valence-electron chi connectivity index (χ0n) is 13.3. The predicted octanol–water partition coefficient (Wildman–Crippen LogP) is 2.25. The maximum Gasteiger partial charge on any atom is 0.240 e. The molecule has 0 radical (unpaired) electrons. The van der Waals surface area contributed by atoms with Crippen molar-refractivity contribution in [3.8, 4) is 5.75 Å². The molecule has 0 bridgehead atoms. The highest BCUT2D eigenvalue weighted by molar-refractivity contribution is 9.10. The van der Waals surface area contributed by atoms with Crippen molar-refractivity contribution in [3.05, 3.63) is 58.5 Å². The molecule has 11 heteroatoms. The molecule has 7 nitrogen and oxygen atoms in total. The van der Waals surface area contributed by atoms with Gasteiger partial charge in [-0.25, -0.2) is 30.7 Å². The first kappa shape index (κ1) is 20.4. The van der Waals surface area contributed by atoms with Crippen molar-refractivity contribution in [3.63, 3.8) is 0 Å². The molecule has 0 amide bonds. The van der Waals surface area contributed by atoms with Gasteiger partial charge in [0.25, 0.3) is 0 Å². The molecule has 0 aliphatic rings. The maximum absolute atomic E-state index is 13.6. The Morgan fingerprint density at radius 1 is 1.23 bits per heavy atom. The van der Waals surface area contributed by atoms with Crippen molar-refractivity contribution in [2.45, 2.75) is 4.90 Å². The van der Waals surface area contributed by atoms with E-state index in [2.05, 4.69) is 15.9 Å². The van der Waals surface area contributed by atoms with Crippen LogP contribution < -0.4 is 14.2 Å². The zero-order chi connectivity index (χ0) is 19.5. The van der Waals surface area contributed by atoms with E-state index in [1.165, 1.54) is 13.2 Å². The van der Waals surface area contributed by atoms with Gasteiger partial charge in [0.15, 0.2) is 0 Å². The second-order valence-corrected chi connectivity index (χ2v) is 8.29. The highest BCUT2D eigenvalue weighted by Gasteiger charge is 2.20. The highest BCUT2D eigenvalue weighted by Crippen LogP contribution is 2.28. The molecule has 2 aromatic carbocycles. The second-order valence-electron chi connectivity index (χ2n) is 4.94. The van der Waals surface area contributed by atoms with Crippen molar-refractivity contribution in [2.24, 2.45) is 5.14 Å². The average Bonchev–Trinajstić information content (AvgIpc) is 2.54. The van der Waals surface area contributed by atoms with Gasteiger partial charge < -0.3 is 4.74 Å². The number of hydrogen-bond donors (Lipinski definition) is 2. The molecule has 2 rings (SSSR count). The Kier molecular flexibility index (Phi) is 6.39. The number of benzene rings is 2. The number of halogens is 2. The van der Waals surface area contributed by atoms with E-state index in [9.17, 15) is 21.2 Å². The Labute approximate surface area is 160 Å². The number of rotatable bonds is 6. The average molecular weight is 465 g/mol. The molecule has 2 N–H and O–H groups in total. The Hall–Kier alpha value is -1.95. The lowest BCUT2D eigenvalue weighted by Crippen LogP contribution is -2.20. The fourth-order valence-corrected chi connectivity index (χ4v) is 3.79. The van der Waals surface area contributed by atoms with Crippen molar-refractivity contribution < 1.29 is 26.0 Å². The molecule has 26 heavy (non-hydrogen) atoms. The van der Waals surface area contributed by atoms with Crippen LogP contribution in [-0.2, 0) is 20.9 Å². The van der Waals surface area contributed by atoms with Crippen LogP contribution in [-0.4, -0.2) is 23.9 Å². The summed E-state index contributed by atoms with van der Waals surface area (Å²) >= 11 is 3.29. The molecule has 0 fully saturated rings. The summed E-state index contributed by atoms with van der Waals surface area (Å²) in [5.41, 5.74) is 0.0890. The first-order valence-electron chi connectivity index (χ1n) is 6.91. The quantitative estimate of drug-likeness (QED) is 0.637. The summed E-state index contributed by atoms with van der Waals surface area (Å²) in [5, 5.41) is 5.09. The van der Waals surface area contributed by atoms with Gasteiger partial charge in [-0.05, 0) is 42.5 Å². The maximum atomic E-state index is 13.6. The zero-order valence-corrected chi connectivity index (χ0v) is 16.6. The van der Waals surface area contributed by atoms with E-state index in [4.69, 9.17) is 9.88 Å². The Morgan fingerprint density at radius 3 is 2.50 bits per heavy atom. The van der Waals surface area contributed by atoms with Crippen molar-refractivity contribution in [1.29, 1.82) is 0 Å². The molecule has 0 aliphatic heterocycles. The van der Waals surface area contributed by atoms with Crippen molar-refractivity contribution >= 4 is 48.6 Å². The van der Waals surface area contributed by atoms with E-state index in [0.717, 1.165) is 24.4 Å². The van der Waals surface area contributed by atoms with Crippen LogP contribution in [0.5, 0.6) is 5.75 Å². The van der Waals surface area contributed by atoms with Crippen LogP contribution in [0.15, 0.2) is 52.0 Å². The van der Waals surface area contributed by atoms with E-state index >= 15 is 0 Å². The van der Waals surface area contributed by atoms with Crippen molar-refractivity contribution in [1.82, 2.24) is 0 Å². The molecule has 0 saturated heterocycles. The van der Waals surface area contributed by atoms with E-state index < -0.39 is 37.3 Å². The smallest absolute Gasteiger partial charge is 0.240 e. The van der Waals surface area contributed by atoms with E-state index in [-0.39, 0.29) is 0 Å². The summed E-state index contributed by atoms with van der Waals surface area (Å²) in [6.07, 6.45) is 2.46. The van der Waals surface area contributed by atoms with Crippen LogP contribution in [0.25, 0.3) is 6.08 Å². The molecule has 140 valence electrons. The second kappa shape index (κ2) is 8.16. The molecule has 2 aromatic rings. The lowest BCUT2D eigenvalue weighted by Gasteiger charge is -2.16. The molecular formula is C15H14BrFN2O5S2. The summed E-state index contributed by atoms with van der Waals surface area (Å²) in [7, 11) is -6.16. The number of anilines is 1. The van der Waals surface area contributed by atoms with Crippen LogP contribution >= 0.6 is 15.9 Å². The van der Waals surface area contributed by atoms with E-state index in [0.29, 0.717) is 20.1 Å². The molecule has 0 unspecified atom stereocenters. The van der Waals surface area contributed by atoms with Crippen LogP contribution in [0, 0.1) is 5.82 Å². The van der Waals surface area contributed by atoms with Gasteiger partial charge in [0.2, 0.25) is 20.9 Å². The van der Waals surface area contributed by atoms with Gasteiger partial charge in [0.05, 0.1) is 12.8 Å². The molecule has 0 spiro atoms. The Balaban J connectivity index is 2.59. The number of ether oxygens (including phenoxy) is 1. The molecular weight excluding hydrogens is 451 g/mol. The molecule has 0 aliphatic carbocycles. The first-order chi connectivity index (χ1) is 12.1. The summed E-state index contributed by atoms with van der Waals surface area (Å²) in [6.45, 7) is 0. The fourth-order valence-electron chi connectivity index (χ4n) is 2.12. The molecule has 0 atom stereocenters. The fraction of sp³-hybridized carbons (Fsp3) is 0.0667. The highest BCUT2D eigenvalue weighted by atomic mass is 79.9. The van der Waals surface area contributed by atoms with Gasteiger partial charge in [-0.2, -0.15) is 0 Å². The third kappa shape index (κ3) is 4.81. The Bertz CT molecular complexity index is 1030. The normalized spacial score (nSPS) is 11.9. The minimum absolute atomic E-state index is 0.422. The monoisotopic (exact) mass is 464 g/mol. The molecule has 0 aromatic heterocycles. The van der Waals surface area contributed by atoms with Gasteiger partial charge in [-0.1, -0.05) is 15.9 Å². The van der Waals surface area contributed by atoms with E-state index in [1.54, 1.807) is 18.2 Å². The number of methoxy groups -OCH3 is 1. The Morgan fingerprint density at radius 2 is 1.92 bits per heavy atom. The van der Waals surface area contributed by atoms with Gasteiger partial charge in [-0.3, -0.25) is 0 Å². The summed E-state index contributed by atoms with van der Waals surface area (Å²) in [6, 6.07) is 7.60. The van der Waals surface area contributed by atoms with Crippen molar-refractivity contribution in [2.75, 3.05) is 11.4 Å². The SMILES string of the molecule is COc1ccc(Br)cc1C=CN(c1cc(F)ccc1S(N)(=O)=O)[SH](=O)=O. The molecule has 0 saturated carbocycles. The van der Waals surface area contributed by atoms with Gasteiger partial charge in [0, 0.05) is 16.2 Å². The standard InChI is InChI=1S/C15H14BrFN2O5S2/c1-24-14-4-2-11(16)8-10(14)6-7-19(25(20)21)13-9-12(17)3-5-15(13)26(18,22)23/h2-9,25H,1H3,(H2,18,22,23). The number of hydrogen-bond acceptors (Lipinski definition) is 5. The van der Waals surface area contributed by atoms with Gasteiger partial charge in [-0.15, -0.1) is 0 Å². The number of thiol groups is 1. The third-order valence-electron chi connectivity index (χ3n) is 3.24. The lowest BCUT2D eigenvalue weighted by atomic mass is 10.2. The predicted molar refractivity (Wildman–Crippen MR) is 100 cm³/mol. The largest absolute Gasteiger partial charge is 0.496 e. The number of sulfonamides is 1. The summed E-state index contributed by atoms with van der Waals surface area (Å²) in [4.78, 5) is -0.524. The van der Waals surface area contributed by atoms with Crippen LogP contribution in [0.4, 0.5) is 10.1 Å². The van der Waals surface area contributed by atoms with E-state index in [1.807, 2.05) is 0 Å². The summed E-state index contributed by atoms with van der Waals surface area (Å²) < 4.78 is 66.8. The van der Waals surface area contributed by atoms with Crippen LogP contribution in [0.1, 0.15) is 5.56 Å². The minimum atomic E-state index is -4.27. The van der Waals surface area contributed by atoms with Crippen LogP contribution in [0.3, 0.4) is 0 Å². The number of nitrogens with zero attached hydrogens (tertiary/aromatic N) is 1. The lowest BCUT2D eigenvalue weighted by molar-refractivity contribution is 0.414. The first-order valence-corrected chi connectivity index (χ1v) is 10.4. The number of nitrogens with two attached hydrogens (primary N) is 1. The van der Waals surface area contributed by atoms with Crippen LogP contribution in [0.2, 0.25) is 0 Å². The topological polar surface area (TPSA) is 107 Å². The minimum Gasteiger partial charge on any atom is -0.496 e. The van der Waals surface area contributed by atoms with Gasteiger partial charge >= 0.3 is 0 Å². The number of primary sulfonamides is 1.